The average Bonchev–Trinajstić information content (AvgIpc) is 2.58. The quantitative estimate of drug-likeness (QED) is 0.385. The van der Waals surface area contributed by atoms with Gasteiger partial charge in [-0.05, 0) is 6.08 Å². The van der Waals surface area contributed by atoms with Gasteiger partial charge in [-0.25, -0.2) is 4.57 Å². The SMILES string of the molecule is [B][C@@H]1O[C@H](CO)[C@@H]2OP(=O)(O)OC12C=C=C. The third-order valence-corrected chi connectivity index (χ3v) is 3.62. The van der Waals surface area contributed by atoms with E-state index in [9.17, 15) is 9.46 Å². The summed E-state index contributed by atoms with van der Waals surface area (Å²) in [5.41, 5.74) is 1.01. The molecule has 2 aliphatic heterocycles. The van der Waals surface area contributed by atoms with E-state index in [0.29, 0.717) is 0 Å². The van der Waals surface area contributed by atoms with Crippen molar-refractivity contribution in [1.82, 2.24) is 0 Å². The highest BCUT2D eigenvalue weighted by atomic mass is 31.2. The molecule has 0 saturated carbocycles. The zero-order valence-electron chi connectivity index (χ0n) is 8.28. The van der Waals surface area contributed by atoms with Gasteiger partial charge in [0.15, 0.2) is 5.60 Å². The van der Waals surface area contributed by atoms with Gasteiger partial charge in [0.25, 0.3) is 0 Å². The molecular formula is C8H10BO6P. The fraction of sp³-hybridized carbons (Fsp3) is 0.625. The molecular weight excluding hydrogens is 234 g/mol. The summed E-state index contributed by atoms with van der Waals surface area (Å²) in [4.78, 5) is 9.27. The molecule has 2 N–H and O–H groups in total. The smallest absolute Gasteiger partial charge is 0.394 e. The number of phosphoric acid groups is 1. The van der Waals surface area contributed by atoms with Gasteiger partial charge >= 0.3 is 7.82 Å². The third kappa shape index (κ3) is 1.62. The Morgan fingerprint density at radius 1 is 1.69 bits per heavy atom. The summed E-state index contributed by atoms with van der Waals surface area (Å²) >= 11 is 0. The molecule has 2 aliphatic rings. The van der Waals surface area contributed by atoms with Crippen LogP contribution in [0.3, 0.4) is 0 Å². The van der Waals surface area contributed by atoms with Gasteiger partial charge in [0.2, 0.25) is 0 Å². The van der Waals surface area contributed by atoms with E-state index in [2.05, 4.69) is 12.3 Å². The van der Waals surface area contributed by atoms with Gasteiger partial charge in [-0.3, -0.25) is 9.05 Å². The Kier molecular flexibility index (Phi) is 2.89. The number of ether oxygens (including phenoxy) is 1. The minimum Gasteiger partial charge on any atom is -0.394 e. The molecule has 2 radical (unpaired) electrons. The summed E-state index contributed by atoms with van der Waals surface area (Å²) in [5.74, 6) is 0. The van der Waals surface area contributed by atoms with Crippen molar-refractivity contribution in [1.29, 1.82) is 0 Å². The molecule has 2 fully saturated rings. The molecule has 0 amide bonds. The van der Waals surface area contributed by atoms with Crippen molar-refractivity contribution in [2.24, 2.45) is 0 Å². The van der Waals surface area contributed by atoms with E-state index < -0.39 is 38.2 Å². The summed E-state index contributed by atoms with van der Waals surface area (Å²) < 4.78 is 26.3. The number of aliphatic hydroxyl groups excluding tert-OH is 1. The van der Waals surface area contributed by atoms with Crippen LogP contribution in [0, 0.1) is 0 Å². The zero-order valence-corrected chi connectivity index (χ0v) is 9.17. The minimum absolute atomic E-state index is 0.394. The molecule has 2 heterocycles. The van der Waals surface area contributed by atoms with Crippen LogP contribution in [0.25, 0.3) is 0 Å². The molecule has 16 heavy (non-hydrogen) atoms. The molecule has 0 aliphatic carbocycles. The number of hydrogen-bond acceptors (Lipinski definition) is 5. The third-order valence-electron chi connectivity index (χ3n) is 2.58. The second-order valence-corrected chi connectivity index (χ2v) is 4.90. The number of hydrogen-bond donors (Lipinski definition) is 2. The van der Waals surface area contributed by atoms with Gasteiger partial charge < -0.3 is 14.7 Å². The first-order valence-corrected chi connectivity index (χ1v) is 6.05. The summed E-state index contributed by atoms with van der Waals surface area (Å²) in [6.45, 7) is 2.96. The fourth-order valence-electron chi connectivity index (χ4n) is 1.93. The Bertz CT molecular complexity index is 394. The van der Waals surface area contributed by atoms with E-state index in [4.69, 9.17) is 26.7 Å². The van der Waals surface area contributed by atoms with Crippen LogP contribution in [0.15, 0.2) is 18.4 Å². The molecule has 5 atom stereocenters. The van der Waals surface area contributed by atoms with Crippen molar-refractivity contribution >= 4 is 15.7 Å². The number of phosphoric ester groups is 1. The van der Waals surface area contributed by atoms with Crippen molar-refractivity contribution in [2.75, 3.05) is 6.61 Å². The van der Waals surface area contributed by atoms with E-state index >= 15 is 0 Å². The standard InChI is InChI=1S/C8H10BO6P/c1-2-3-8-6(14-16(11,12)15-8)5(4-10)13-7(8)9/h3,5-7,10H,1,4H2,(H,11,12)/t5-,6+,7-,8?/m1/s1. The van der Waals surface area contributed by atoms with E-state index in [1.165, 1.54) is 6.08 Å². The fourth-order valence-corrected chi connectivity index (χ4v) is 3.22. The highest BCUT2D eigenvalue weighted by Crippen LogP contribution is 2.61. The molecule has 2 rings (SSSR count). The van der Waals surface area contributed by atoms with Crippen LogP contribution in [-0.4, -0.2) is 48.3 Å². The summed E-state index contributed by atoms with van der Waals surface area (Å²) in [6.07, 6.45) is -0.478. The first-order chi connectivity index (χ1) is 7.45. The molecule has 86 valence electrons. The molecule has 8 heteroatoms. The van der Waals surface area contributed by atoms with Crippen LogP contribution in [0.4, 0.5) is 0 Å². The minimum atomic E-state index is -4.17. The average molecular weight is 244 g/mol. The monoisotopic (exact) mass is 244 g/mol. The zero-order chi connectivity index (χ0) is 12.0. The maximum Gasteiger partial charge on any atom is 0.473 e. The van der Waals surface area contributed by atoms with Crippen LogP contribution >= 0.6 is 7.82 Å². The Morgan fingerprint density at radius 3 is 2.94 bits per heavy atom. The molecule has 0 aromatic rings. The Morgan fingerprint density at radius 2 is 2.38 bits per heavy atom. The van der Waals surface area contributed by atoms with E-state index in [1.54, 1.807) is 0 Å². The molecule has 2 unspecified atom stereocenters. The van der Waals surface area contributed by atoms with Crippen molar-refractivity contribution < 1.29 is 28.3 Å². The molecule has 6 nitrogen and oxygen atoms in total. The second-order valence-electron chi connectivity index (χ2n) is 3.57. The molecule has 0 bridgehead atoms. The van der Waals surface area contributed by atoms with Crippen LogP contribution in [0.5, 0.6) is 0 Å². The first-order valence-electron chi connectivity index (χ1n) is 4.56. The predicted molar refractivity (Wildman–Crippen MR) is 53.7 cm³/mol. The van der Waals surface area contributed by atoms with Crippen molar-refractivity contribution in [3.63, 3.8) is 0 Å². The number of aliphatic hydroxyl groups is 1. The maximum absolute atomic E-state index is 11.4. The maximum atomic E-state index is 11.4. The molecule has 2 saturated heterocycles. The molecule has 0 aromatic carbocycles. The van der Waals surface area contributed by atoms with Gasteiger partial charge in [-0.15, -0.1) is 5.73 Å². The van der Waals surface area contributed by atoms with Gasteiger partial charge in [0.05, 0.1) is 12.6 Å². The highest BCUT2D eigenvalue weighted by molar-refractivity contribution is 7.47. The lowest BCUT2D eigenvalue weighted by Crippen LogP contribution is -2.44. The lowest BCUT2D eigenvalue weighted by Gasteiger charge is -2.23. The topological polar surface area (TPSA) is 85.2 Å². The molecule has 0 spiro atoms. The summed E-state index contributed by atoms with van der Waals surface area (Å²) in [7, 11) is 1.48. The Labute approximate surface area is 93.5 Å². The normalized spacial score (nSPS) is 51.0. The van der Waals surface area contributed by atoms with E-state index in [-0.39, 0.29) is 0 Å². The second kappa shape index (κ2) is 3.82. The highest BCUT2D eigenvalue weighted by Gasteiger charge is 2.64. The van der Waals surface area contributed by atoms with Gasteiger partial charge in [-0.2, -0.15) is 0 Å². The number of rotatable bonds is 2. The van der Waals surface area contributed by atoms with Crippen LogP contribution in [0.2, 0.25) is 0 Å². The van der Waals surface area contributed by atoms with Crippen molar-refractivity contribution in [3.05, 3.63) is 18.4 Å². The van der Waals surface area contributed by atoms with Crippen LogP contribution in [0.1, 0.15) is 0 Å². The summed E-state index contributed by atoms with van der Waals surface area (Å²) in [6, 6.07) is -1.02. The number of fused-ring (bicyclic) bond motifs is 1. The van der Waals surface area contributed by atoms with E-state index in [1.807, 2.05) is 0 Å². The molecule has 0 aromatic heterocycles. The van der Waals surface area contributed by atoms with Crippen molar-refractivity contribution in [2.45, 2.75) is 23.8 Å². The lowest BCUT2D eigenvalue weighted by atomic mass is 9.80. The Balaban J connectivity index is 2.43. The Hall–Kier alpha value is -0.385. The lowest BCUT2D eigenvalue weighted by molar-refractivity contribution is -0.00511. The predicted octanol–water partition coefficient (Wildman–Crippen LogP) is -0.532. The first kappa shape index (κ1) is 12.1. The van der Waals surface area contributed by atoms with Crippen molar-refractivity contribution in [3.8, 4) is 0 Å². The van der Waals surface area contributed by atoms with Gasteiger partial charge in [-0.1, -0.05) is 6.58 Å². The van der Waals surface area contributed by atoms with E-state index in [0.717, 1.165) is 0 Å². The van der Waals surface area contributed by atoms with Gasteiger partial charge in [0, 0.05) is 0 Å². The largest absolute Gasteiger partial charge is 0.473 e. The van der Waals surface area contributed by atoms with Crippen LogP contribution in [-0.2, 0) is 18.3 Å². The summed E-state index contributed by atoms with van der Waals surface area (Å²) in [5, 5.41) is 9.05. The van der Waals surface area contributed by atoms with Crippen LogP contribution < -0.4 is 0 Å². The van der Waals surface area contributed by atoms with Gasteiger partial charge in [0.1, 0.15) is 20.1 Å².